The van der Waals surface area contributed by atoms with E-state index >= 15 is 0 Å². The second-order valence-electron chi connectivity index (χ2n) is 8.33. The number of rotatable bonds is 8. The molecule has 0 spiro atoms. The van der Waals surface area contributed by atoms with Gasteiger partial charge in [-0.25, -0.2) is 9.97 Å². The minimum Gasteiger partial charge on any atom is -0.306 e. The minimum atomic E-state index is -4.52. The fourth-order valence-corrected chi connectivity index (χ4v) is 3.31. The summed E-state index contributed by atoms with van der Waals surface area (Å²) in [7, 11) is 1.99. The molecule has 0 aromatic carbocycles. The highest BCUT2D eigenvalue weighted by Gasteiger charge is 2.35. The standard InChI is InChI=1S/C15H20F3N3.C12H12N2O/c1-4-13(10-20-12(2)15(16,17)18)9-14(11-19)5-7-21(3)8-6-14;1-3-4-5-11(8-15)10(2)12-6-7-13-9-14-12/h4,10H,2,5-9H2,1,3H3;3-9H,1H2,2H3/b13-4-,20-10?;5-4-,11-10-. The van der Waals surface area contributed by atoms with Crippen LogP contribution in [-0.4, -0.2) is 53.7 Å². The number of aromatic nitrogens is 2. The molecular formula is C27H32F3N5O. The molecular weight excluding hydrogens is 467 g/mol. The number of halogens is 3. The number of nitriles is 1. The van der Waals surface area contributed by atoms with Crippen LogP contribution in [-0.2, 0) is 4.79 Å². The van der Waals surface area contributed by atoms with Gasteiger partial charge in [-0.1, -0.05) is 37.5 Å². The largest absolute Gasteiger partial charge is 0.432 e. The summed E-state index contributed by atoms with van der Waals surface area (Å²) in [5.41, 5.74) is 1.16. The second kappa shape index (κ2) is 14.7. The van der Waals surface area contributed by atoms with Gasteiger partial charge < -0.3 is 4.90 Å². The summed E-state index contributed by atoms with van der Waals surface area (Å²) >= 11 is 0. The van der Waals surface area contributed by atoms with Crippen LogP contribution in [0, 0.1) is 16.7 Å². The van der Waals surface area contributed by atoms with Crippen LogP contribution < -0.4 is 0 Å². The molecule has 1 aromatic heterocycles. The number of carbonyl (C=O) groups excluding carboxylic acids is 1. The molecule has 1 aromatic rings. The number of alkyl halides is 3. The molecule has 0 saturated carbocycles. The summed E-state index contributed by atoms with van der Waals surface area (Å²) < 4.78 is 37.1. The van der Waals surface area contributed by atoms with E-state index < -0.39 is 17.3 Å². The van der Waals surface area contributed by atoms with Crippen molar-refractivity contribution in [2.45, 2.75) is 39.3 Å². The van der Waals surface area contributed by atoms with Crippen molar-refractivity contribution in [2.24, 2.45) is 10.4 Å². The van der Waals surface area contributed by atoms with Gasteiger partial charge in [0.25, 0.3) is 0 Å². The Hall–Kier alpha value is -3.64. The predicted molar refractivity (Wildman–Crippen MR) is 137 cm³/mol. The second-order valence-corrected chi connectivity index (χ2v) is 8.33. The van der Waals surface area contributed by atoms with Crippen molar-refractivity contribution < 1.29 is 18.0 Å². The fourth-order valence-electron chi connectivity index (χ4n) is 3.31. The fraction of sp³-hybridized carbons (Fsp3) is 0.370. The summed E-state index contributed by atoms with van der Waals surface area (Å²) in [4.78, 5) is 24.2. The molecule has 0 aliphatic carbocycles. The quantitative estimate of drug-likeness (QED) is 0.193. The molecule has 0 unspecified atom stereocenters. The summed E-state index contributed by atoms with van der Waals surface area (Å²) in [5, 5.41) is 9.44. The Morgan fingerprint density at radius 3 is 2.50 bits per heavy atom. The number of piperidine rings is 1. The Bertz CT molecular complexity index is 1060. The van der Waals surface area contributed by atoms with Gasteiger partial charge in [0.1, 0.15) is 18.3 Å². The van der Waals surface area contributed by atoms with E-state index in [2.05, 4.69) is 39.1 Å². The molecule has 192 valence electrons. The highest BCUT2D eigenvalue weighted by molar-refractivity contribution is 5.90. The first-order valence-electron chi connectivity index (χ1n) is 11.3. The molecule has 2 rings (SSSR count). The average Bonchev–Trinajstić information content (AvgIpc) is 2.88. The average molecular weight is 500 g/mol. The maximum atomic E-state index is 12.4. The summed E-state index contributed by atoms with van der Waals surface area (Å²) in [6.45, 7) is 11.7. The van der Waals surface area contributed by atoms with Crippen molar-refractivity contribution in [1.82, 2.24) is 14.9 Å². The normalized spacial score (nSPS) is 17.1. The molecule has 1 saturated heterocycles. The summed E-state index contributed by atoms with van der Waals surface area (Å²) in [6.07, 6.45) is 9.15. The van der Waals surface area contributed by atoms with Crippen LogP contribution in [0.3, 0.4) is 0 Å². The Kier molecular flexibility index (Phi) is 12.4. The Morgan fingerprint density at radius 2 is 2.03 bits per heavy atom. The number of carbonyl (C=O) groups is 1. The van der Waals surface area contributed by atoms with Gasteiger partial charge in [-0.05, 0) is 70.5 Å². The van der Waals surface area contributed by atoms with Crippen molar-refractivity contribution in [2.75, 3.05) is 20.1 Å². The highest BCUT2D eigenvalue weighted by atomic mass is 19.4. The van der Waals surface area contributed by atoms with Gasteiger partial charge in [-0.3, -0.25) is 9.79 Å². The van der Waals surface area contributed by atoms with Gasteiger partial charge in [-0.2, -0.15) is 18.4 Å². The zero-order valence-corrected chi connectivity index (χ0v) is 20.9. The lowest BCUT2D eigenvalue weighted by Gasteiger charge is -2.35. The molecule has 0 atom stereocenters. The summed E-state index contributed by atoms with van der Waals surface area (Å²) in [5.74, 6) is 0. The third-order valence-electron chi connectivity index (χ3n) is 5.75. The number of aldehydes is 1. The van der Waals surface area contributed by atoms with E-state index in [-0.39, 0.29) is 0 Å². The lowest BCUT2D eigenvalue weighted by Crippen LogP contribution is -2.37. The van der Waals surface area contributed by atoms with Gasteiger partial charge in [0.2, 0.25) is 0 Å². The number of allylic oxidation sites excluding steroid dienone is 8. The molecule has 0 bridgehead atoms. The maximum Gasteiger partial charge on any atom is 0.432 e. The van der Waals surface area contributed by atoms with Gasteiger partial charge in [0.05, 0.1) is 17.2 Å². The van der Waals surface area contributed by atoms with Crippen molar-refractivity contribution in [3.8, 4) is 6.07 Å². The first kappa shape index (κ1) is 30.4. The van der Waals surface area contributed by atoms with Crippen molar-refractivity contribution in [3.63, 3.8) is 0 Å². The number of hydrogen-bond acceptors (Lipinski definition) is 6. The van der Waals surface area contributed by atoms with E-state index in [4.69, 9.17) is 0 Å². The first-order chi connectivity index (χ1) is 17.0. The Morgan fingerprint density at radius 1 is 1.36 bits per heavy atom. The van der Waals surface area contributed by atoms with E-state index in [1.165, 1.54) is 12.5 Å². The molecule has 36 heavy (non-hydrogen) atoms. The molecule has 0 amide bonds. The monoisotopic (exact) mass is 499 g/mol. The van der Waals surface area contributed by atoms with Crippen LogP contribution >= 0.6 is 0 Å². The van der Waals surface area contributed by atoms with Crippen LogP contribution in [0.25, 0.3) is 5.57 Å². The van der Waals surface area contributed by atoms with Gasteiger partial charge >= 0.3 is 6.18 Å². The topological polar surface area (TPSA) is 82.2 Å². The van der Waals surface area contributed by atoms with E-state index in [0.29, 0.717) is 30.4 Å². The SMILES string of the molecule is C=C(N=C/C(=C\C)CC1(C#N)CCN(C)CC1)C(F)(F)F.C=C/C=C\C(C=O)=C(/C)c1ccncn1. The van der Waals surface area contributed by atoms with Crippen LogP contribution in [0.15, 0.2) is 77.9 Å². The van der Waals surface area contributed by atoms with Crippen LogP contribution in [0.5, 0.6) is 0 Å². The molecule has 6 nitrogen and oxygen atoms in total. The maximum absolute atomic E-state index is 12.4. The molecule has 1 aliphatic heterocycles. The summed E-state index contributed by atoms with van der Waals surface area (Å²) in [6, 6.07) is 4.11. The van der Waals surface area contributed by atoms with E-state index in [0.717, 1.165) is 30.6 Å². The predicted octanol–water partition coefficient (Wildman–Crippen LogP) is 5.90. The van der Waals surface area contributed by atoms with Crippen LogP contribution in [0.2, 0.25) is 0 Å². The van der Waals surface area contributed by atoms with Crippen molar-refractivity contribution in [1.29, 1.82) is 5.26 Å². The van der Waals surface area contributed by atoms with Gasteiger partial charge in [-0.15, -0.1) is 0 Å². The smallest absolute Gasteiger partial charge is 0.306 e. The molecule has 9 heteroatoms. The van der Waals surface area contributed by atoms with E-state index in [9.17, 15) is 23.2 Å². The van der Waals surface area contributed by atoms with Crippen molar-refractivity contribution >= 4 is 18.1 Å². The third kappa shape index (κ3) is 9.92. The number of likely N-dealkylation sites (tertiary alicyclic amines) is 1. The lowest BCUT2D eigenvalue weighted by atomic mass is 9.75. The Labute approximate surface area is 211 Å². The van der Waals surface area contributed by atoms with Crippen LogP contribution in [0.1, 0.15) is 38.8 Å². The molecule has 0 N–H and O–H groups in total. The zero-order chi connectivity index (χ0) is 27.2. The van der Waals surface area contributed by atoms with E-state index in [1.54, 1.807) is 43.5 Å². The minimum absolute atomic E-state index is 0.419. The Balaban J connectivity index is 0.000000381. The van der Waals surface area contributed by atoms with E-state index in [1.807, 2.05) is 14.0 Å². The molecule has 2 heterocycles. The lowest BCUT2D eigenvalue weighted by molar-refractivity contribution is -0.104. The molecule has 0 radical (unpaired) electrons. The molecule has 1 fully saturated rings. The molecule has 1 aliphatic rings. The first-order valence-corrected chi connectivity index (χ1v) is 11.3. The highest BCUT2D eigenvalue weighted by Crippen LogP contribution is 2.36. The van der Waals surface area contributed by atoms with Gasteiger partial charge in [0, 0.05) is 18.0 Å². The zero-order valence-electron chi connectivity index (χ0n) is 20.9. The van der Waals surface area contributed by atoms with Crippen LogP contribution in [0.4, 0.5) is 13.2 Å². The van der Waals surface area contributed by atoms with Gasteiger partial charge in [0.15, 0.2) is 0 Å². The number of aliphatic imine (C=N–C) groups is 1. The van der Waals surface area contributed by atoms with Crippen molar-refractivity contribution in [3.05, 3.63) is 78.6 Å². The number of nitrogens with zero attached hydrogens (tertiary/aromatic N) is 5. The number of hydrogen-bond donors (Lipinski definition) is 0. The third-order valence-corrected chi connectivity index (χ3v) is 5.75.